The number of aliphatic hydroxyl groups is 3. The minimum Gasteiger partial charge on any atom is -0.387 e. The minimum absolute atomic E-state index is 0.0405. The van der Waals surface area contributed by atoms with Crippen LogP contribution in [0.3, 0.4) is 0 Å². The highest BCUT2D eigenvalue weighted by Gasteiger charge is 2.48. The van der Waals surface area contributed by atoms with E-state index in [1.165, 1.54) is 0 Å². The fraction of sp³-hybridized carbons (Fsp3) is 0.500. The maximum atomic E-state index is 12.6. The van der Waals surface area contributed by atoms with E-state index in [4.69, 9.17) is 4.74 Å². The third kappa shape index (κ3) is 4.73. The van der Waals surface area contributed by atoms with Gasteiger partial charge in [0.15, 0.2) is 25.1 Å². The van der Waals surface area contributed by atoms with Crippen molar-refractivity contribution in [1.82, 2.24) is 0 Å². The molecule has 1 aliphatic carbocycles. The molecule has 0 aromatic heterocycles. The number of nitrogens with one attached hydrogen (secondary N) is 1. The molecular formula is C24H29NO8S2. The first-order valence-electron chi connectivity index (χ1n) is 11.6. The number of aliphatic hydroxyl groups excluding tert-OH is 3. The fourth-order valence-corrected chi connectivity index (χ4v) is 7.34. The van der Waals surface area contributed by atoms with Crippen molar-refractivity contribution in [2.24, 2.45) is 0 Å². The van der Waals surface area contributed by atoms with Gasteiger partial charge >= 0.3 is 0 Å². The summed E-state index contributed by atoms with van der Waals surface area (Å²) in [7, 11) is -7.23. The van der Waals surface area contributed by atoms with E-state index in [0.717, 1.165) is 35.8 Å². The number of sulfone groups is 2. The van der Waals surface area contributed by atoms with Gasteiger partial charge in [-0.2, -0.15) is 0 Å². The molecule has 0 radical (unpaired) electrons. The molecule has 0 unspecified atom stereocenters. The van der Waals surface area contributed by atoms with Crippen molar-refractivity contribution in [3.8, 4) is 0 Å². The second-order valence-electron chi connectivity index (χ2n) is 9.71. The van der Waals surface area contributed by atoms with Crippen molar-refractivity contribution >= 4 is 25.4 Å². The molecule has 2 aromatic carbocycles. The molecule has 1 saturated heterocycles. The van der Waals surface area contributed by atoms with Gasteiger partial charge in [0.25, 0.3) is 0 Å². The van der Waals surface area contributed by atoms with Crippen molar-refractivity contribution in [2.45, 2.75) is 59.9 Å². The minimum atomic E-state index is -3.87. The van der Waals surface area contributed by atoms with Gasteiger partial charge in [0.1, 0.15) is 24.4 Å². The van der Waals surface area contributed by atoms with Gasteiger partial charge in [-0.15, -0.1) is 0 Å². The first-order valence-corrected chi connectivity index (χ1v) is 15.2. The van der Waals surface area contributed by atoms with E-state index < -0.39 is 49.5 Å². The van der Waals surface area contributed by atoms with Gasteiger partial charge < -0.3 is 25.4 Å². The Hall–Kier alpha value is -2.02. The van der Waals surface area contributed by atoms with E-state index >= 15 is 0 Å². The Labute approximate surface area is 204 Å². The molecule has 2 heterocycles. The SMILES string of the molecule is CS(=O)(=O)[C@H]1O[C@@H](c2ccc(C3CC3)c(Cc3ccc4c(c3)S(=O)(=O)CCN4)c2)[C@H](O)[C@@H](O)[C@@H]1O. The molecule has 5 rings (SSSR count). The number of fused-ring (bicyclic) bond motifs is 1. The van der Waals surface area contributed by atoms with Crippen LogP contribution in [0.4, 0.5) is 5.69 Å². The van der Waals surface area contributed by atoms with Crippen LogP contribution in [0.1, 0.15) is 47.1 Å². The monoisotopic (exact) mass is 523 g/mol. The number of anilines is 1. The predicted octanol–water partition coefficient (Wildman–Crippen LogP) is 0.879. The smallest absolute Gasteiger partial charge is 0.187 e. The molecule has 9 nitrogen and oxygen atoms in total. The Bertz CT molecular complexity index is 1350. The summed E-state index contributed by atoms with van der Waals surface area (Å²) in [5.41, 5.74) is 2.23. The van der Waals surface area contributed by atoms with E-state index in [1.54, 1.807) is 18.2 Å². The molecular weight excluding hydrogens is 494 g/mol. The van der Waals surface area contributed by atoms with Crippen LogP contribution >= 0.6 is 0 Å². The average molecular weight is 524 g/mol. The zero-order valence-electron chi connectivity index (χ0n) is 19.2. The molecule has 2 fully saturated rings. The lowest BCUT2D eigenvalue weighted by molar-refractivity contribution is -0.202. The van der Waals surface area contributed by atoms with E-state index in [2.05, 4.69) is 5.32 Å². The third-order valence-corrected chi connectivity index (χ3v) is 9.95. The molecule has 35 heavy (non-hydrogen) atoms. The maximum Gasteiger partial charge on any atom is 0.187 e. The second-order valence-corrected chi connectivity index (χ2v) is 13.9. The zero-order valence-corrected chi connectivity index (χ0v) is 20.8. The zero-order chi connectivity index (χ0) is 25.1. The first-order chi connectivity index (χ1) is 16.5. The van der Waals surface area contributed by atoms with E-state index in [9.17, 15) is 32.2 Å². The lowest BCUT2D eigenvalue weighted by Gasteiger charge is -2.40. The normalized spacial score (nSPS) is 30.3. The van der Waals surface area contributed by atoms with Crippen LogP contribution < -0.4 is 5.32 Å². The summed E-state index contributed by atoms with van der Waals surface area (Å²) in [6, 6.07) is 10.8. The lowest BCUT2D eigenvalue weighted by Crippen LogP contribution is -2.56. The highest BCUT2D eigenvalue weighted by Crippen LogP contribution is 2.44. The van der Waals surface area contributed by atoms with Gasteiger partial charge in [0.2, 0.25) is 0 Å². The van der Waals surface area contributed by atoms with Crippen LogP contribution in [-0.4, -0.2) is 74.5 Å². The third-order valence-electron chi connectivity index (χ3n) is 6.97. The van der Waals surface area contributed by atoms with Gasteiger partial charge in [0.05, 0.1) is 16.3 Å². The molecule has 1 saturated carbocycles. The van der Waals surface area contributed by atoms with E-state index in [-0.39, 0.29) is 10.6 Å². The van der Waals surface area contributed by atoms with Crippen LogP contribution in [0.2, 0.25) is 0 Å². The van der Waals surface area contributed by atoms with Crippen molar-refractivity contribution in [2.75, 3.05) is 23.9 Å². The Kier molecular flexibility index (Phi) is 6.22. The molecule has 3 aliphatic rings. The molecule has 5 atom stereocenters. The molecule has 4 N–H and O–H groups in total. The molecule has 0 spiro atoms. The van der Waals surface area contributed by atoms with Gasteiger partial charge in [-0.3, -0.25) is 0 Å². The van der Waals surface area contributed by atoms with Crippen LogP contribution in [0, 0.1) is 0 Å². The largest absolute Gasteiger partial charge is 0.387 e. The van der Waals surface area contributed by atoms with Crippen LogP contribution in [0.15, 0.2) is 41.3 Å². The first kappa shape index (κ1) is 24.7. The fourth-order valence-electron chi connectivity index (χ4n) is 4.96. The molecule has 190 valence electrons. The summed E-state index contributed by atoms with van der Waals surface area (Å²) >= 11 is 0. The summed E-state index contributed by atoms with van der Waals surface area (Å²) in [5.74, 6) is 0.425. The number of hydrogen-bond donors (Lipinski definition) is 4. The second kappa shape index (κ2) is 8.82. The van der Waals surface area contributed by atoms with Crippen molar-refractivity contribution in [3.63, 3.8) is 0 Å². The van der Waals surface area contributed by atoms with Crippen molar-refractivity contribution < 1.29 is 36.9 Å². The summed E-state index contributed by atoms with van der Waals surface area (Å²) in [5, 5.41) is 34.2. The standard InChI is InChI=1S/C24H29NO8S2/c1-34(29,30)24-22(28)20(26)21(27)23(33-24)15-5-6-17(14-3-4-14)16(12-15)10-13-2-7-18-19(11-13)35(31,32)9-8-25-18/h2,5-7,11-12,14,20-28H,3-4,8-10H2,1H3/t20-,21-,22+,23+,24-/m1/s1. The molecule has 0 amide bonds. The topological polar surface area (TPSA) is 150 Å². The number of ether oxygens (including phenoxy) is 1. The highest BCUT2D eigenvalue weighted by atomic mass is 32.2. The quantitative estimate of drug-likeness (QED) is 0.448. The van der Waals surface area contributed by atoms with Gasteiger partial charge in [-0.1, -0.05) is 24.3 Å². The average Bonchev–Trinajstić information content (AvgIpc) is 3.62. The molecule has 0 bridgehead atoms. The van der Waals surface area contributed by atoms with Crippen molar-refractivity contribution in [1.29, 1.82) is 0 Å². The van der Waals surface area contributed by atoms with Crippen LogP contribution in [-0.2, 0) is 30.8 Å². The number of hydrogen-bond acceptors (Lipinski definition) is 9. The molecule has 11 heteroatoms. The summed E-state index contributed by atoms with van der Waals surface area (Å²) in [6.45, 7) is 0.376. The number of rotatable bonds is 5. The van der Waals surface area contributed by atoms with Crippen LogP contribution in [0.5, 0.6) is 0 Å². The Balaban J connectivity index is 1.51. The highest BCUT2D eigenvalue weighted by molar-refractivity contribution is 7.91. The Morgan fingerprint density at radius 3 is 2.46 bits per heavy atom. The summed E-state index contributed by atoms with van der Waals surface area (Å²) in [4.78, 5) is 0.282. The Morgan fingerprint density at radius 2 is 1.77 bits per heavy atom. The lowest BCUT2D eigenvalue weighted by atomic mass is 9.89. The van der Waals surface area contributed by atoms with Gasteiger partial charge in [-0.05, 0) is 59.6 Å². The summed E-state index contributed by atoms with van der Waals surface area (Å²) in [6.07, 6.45) is -2.73. The van der Waals surface area contributed by atoms with Gasteiger partial charge in [-0.25, -0.2) is 16.8 Å². The van der Waals surface area contributed by atoms with Gasteiger partial charge in [0, 0.05) is 12.8 Å². The predicted molar refractivity (Wildman–Crippen MR) is 129 cm³/mol. The van der Waals surface area contributed by atoms with E-state index in [0.29, 0.717) is 30.1 Å². The molecule has 2 aliphatic heterocycles. The summed E-state index contributed by atoms with van der Waals surface area (Å²) < 4.78 is 55.0. The van der Waals surface area contributed by atoms with Crippen molar-refractivity contribution in [3.05, 3.63) is 58.7 Å². The number of benzene rings is 2. The maximum absolute atomic E-state index is 12.6. The van der Waals surface area contributed by atoms with Crippen LogP contribution in [0.25, 0.3) is 0 Å². The van der Waals surface area contributed by atoms with E-state index in [1.807, 2.05) is 18.2 Å². The molecule has 2 aromatic rings. The Morgan fingerprint density at radius 1 is 1.03 bits per heavy atom.